The molecule has 0 N–H and O–H groups in total. The van der Waals surface area contributed by atoms with Gasteiger partial charge in [0.2, 0.25) is 0 Å². The number of rotatable bonds is 4. The first-order valence-electron chi connectivity index (χ1n) is 17.5. The van der Waals surface area contributed by atoms with Crippen LogP contribution in [0.25, 0.3) is 71.8 Å². The molecule has 0 aliphatic heterocycles. The van der Waals surface area contributed by atoms with Crippen LogP contribution in [0.15, 0.2) is 187 Å². The van der Waals surface area contributed by atoms with Crippen molar-refractivity contribution >= 4 is 43.9 Å². The zero-order valence-corrected chi connectivity index (χ0v) is 27.6. The van der Waals surface area contributed by atoms with E-state index in [9.17, 15) is 0 Å². The third-order valence-corrected chi connectivity index (χ3v) is 10.9. The lowest BCUT2D eigenvalue weighted by Crippen LogP contribution is -2.28. The minimum absolute atomic E-state index is 0.550. The molecule has 0 amide bonds. The van der Waals surface area contributed by atoms with Crippen molar-refractivity contribution in [3.05, 3.63) is 204 Å². The van der Waals surface area contributed by atoms with Gasteiger partial charge in [0, 0.05) is 28.0 Å². The number of aromatic nitrogens is 2. The normalized spacial score (nSPS) is 13.3. The summed E-state index contributed by atoms with van der Waals surface area (Å²) in [5.74, 6) is 0. The Labute approximate surface area is 294 Å². The van der Waals surface area contributed by atoms with E-state index >= 15 is 0 Å². The van der Waals surface area contributed by atoms with Crippen LogP contribution in [-0.2, 0) is 5.41 Å². The van der Waals surface area contributed by atoms with Gasteiger partial charge in [0.1, 0.15) is 11.1 Å². The van der Waals surface area contributed by atoms with Crippen LogP contribution in [0.5, 0.6) is 0 Å². The van der Waals surface area contributed by atoms with Crippen LogP contribution in [0, 0.1) is 0 Å². The highest BCUT2D eigenvalue weighted by Gasteiger charge is 2.46. The van der Waals surface area contributed by atoms with Crippen LogP contribution in [0.4, 0.5) is 0 Å². The summed E-state index contributed by atoms with van der Waals surface area (Å²) in [4.78, 5) is 4.66. The Morgan fingerprint density at radius 2 is 1.04 bits per heavy atom. The molecule has 0 spiro atoms. The maximum atomic E-state index is 6.14. The third kappa shape index (κ3) is 3.92. The van der Waals surface area contributed by atoms with Gasteiger partial charge in [-0.3, -0.25) is 4.98 Å². The summed E-state index contributed by atoms with van der Waals surface area (Å²) >= 11 is 0. The lowest BCUT2D eigenvalue weighted by molar-refractivity contribution is 0.668. The van der Waals surface area contributed by atoms with Crippen LogP contribution in [0.2, 0.25) is 0 Å². The van der Waals surface area contributed by atoms with Gasteiger partial charge in [0.15, 0.2) is 5.58 Å². The van der Waals surface area contributed by atoms with E-state index in [4.69, 9.17) is 4.42 Å². The molecule has 7 aromatic carbocycles. The van der Waals surface area contributed by atoms with Crippen molar-refractivity contribution in [2.45, 2.75) is 5.41 Å². The summed E-state index contributed by atoms with van der Waals surface area (Å²) in [5, 5.41) is 3.55. The Kier molecular flexibility index (Phi) is 5.88. The van der Waals surface area contributed by atoms with Crippen molar-refractivity contribution in [3.63, 3.8) is 0 Å². The quantitative estimate of drug-likeness (QED) is 0.190. The van der Waals surface area contributed by atoms with E-state index in [0.29, 0.717) is 0 Å². The van der Waals surface area contributed by atoms with Gasteiger partial charge in [-0.1, -0.05) is 121 Å². The number of hydrogen-bond acceptors (Lipinski definition) is 2. The number of fused-ring (bicyclic) bond motifs is 9. The Morgan fingerprint density at radius 1 is 0.451 bits per heavy atom. The predicted molar refractivity (Wildman–Crippen MR) is 209 cm³/mol. The van der Waals surface area contributed by atoms with E-state index in [2.05, 4.69) is 173 Å². The van der Waals surface area contributed by atoms with Crippen molar-refractivity contribution < 1.29 is 4.42 Å². The maximum Gasteiger partial charge on any atom is 0.153 e. The lowest BCUT2D eigenvalue weighted by atomic mass is 9.67. The number of hydrogen-bond donors (Lipinski definition) is 0. The molecule has 3 aromatic heterocycles. The van der Waals surface area contributed by atoms with Crippen molar-refractivity contribution in [1.82, 2.24) is 9.55 Å². The maximum absolute atomic E-state index is 6.14. The van der Waals surface area contributed by atoms with Gasteiger partial charge in [0.05, 0.1) is 16.4 Å². The van der Waals surface area contributed by atoms with Gasteiger partial charge >= 0.3 is 0 Å². The molecular formula is C48H30N2O. The SMILES string of the molecule is c1ccc(C2(c3ccccc3)c3cc(-c4ccc5oc6cccnc6c5c4)ccc3-c3ccc(-n4c5ccccc5c5ccccc54)cc32)cc1. The summed E-state index contributed by atoms with van der Waals surface area (Å²) < 4.78 is 8.57. The van der Waals surface area contributed by atoms with E-state index in [0.717, 1.165) is 38.9 Å². The highest BCUT2D eigenvalue weighted by Crippen LogP contribution is 2.57. The molecule has 11 rings (SSSR count). The average molecular weight is 651 g/mol. The van der Waals surface area contributed by atoms with Crippen molar-refractivity contribution in [2.75, 3.05) is 0 Å². The van der Waals surface area contributed by atoms with Crippen LogP contribution in [0.3, 0.4) is 0 Å². The molecule has 0 saturated carbocycles. The van der Waals surface area contributed by atoms with Crippen molar-refractivity contribution in [2.24, 2.45) is 0 Å². The topological polar surface area (TPSA) is 31.0 Å². The molecule has 0 saturated heterocycles. The zero-order chi connectivity index (χ0) is 33.5. The monoisotopic (exact) mass is 650 g/mol. The second-order valence-corrected chi connectivity index (χ2v) is 13.5. The molecule has 0 bridgehead atoms. The van der Waals surface area contributed by atoms with Crippen LogP contribution < -0.4 is 0 Å². The Balaban J connectivity index is 1.20. The second kappa shape index (κ2) is 10.6. The molecule has 3 nitrogen and oxygen atoms in total. The standard InChI is InChI=1S/C48H30N2O/c1-3-12-33(13-4-1)48(34-14-5-2-6-15-34)41-29-32(31-22-26-45-40(28-31)47-46(51-45)20-11-27-49-47)21-24-36(41)37-25-23-35(30-42(37)48)50-43-18-9-7-16-38(43)39-17-8-10-19-44(39)50/h1-30H. The Hall–Kier alpha value is -6.71. The molecule has 1 aliphatic carbocycles. The molecule has 3 heteroatoms. The van der Waals surface area contributed by atoms with E-state index in [1.807, 2.05) is 18.3 Å². The van der Waals surface area contributed by atoms with Crippen LogP contribution >= 0.6 is 0 Å². The summed E-state index contributed by atoms with van der Waals surface area (Å²) in [6.45, 7) is 0. The summed E-state index contributed by atoms with van der Waals surface area (Å²) in [7, 11) is 0. The number of nitrogens with zero attached hydrogens (tertiary/aromatic N) is 2. The Morgan fingerprint density at radius 3 is 1.75 bits per heavy atom. The number of furan rings is 1. The van der Waals surface area contributed by atoms with Gasteiger partial charge in [-0.05, 0) is 99.1 Å². The first kappa shape index (κ1) is 28.2. The summed E-state index contributed by atoms with van der Waals surface area (Å²) in [6.07, 6.45) is 1.83. The van der Waals surface area contributed by atoms with Crippen LogP contribution in [0.1, 0.15) is 22.3 Å². The van der Waals surface area contributed by atoms with Crippen molar-refractivity contribution in [1.29, 1.82) is 0 Å². The second-order valence-electron chi connectivity index (χ2n) is 13.5. The van der Waals surface area contributed by atoms with Crippen molar-refractivity contribution in [3.8, 4) is 27.9 Å². The fraction of sp³-hybridized carbons (Fsp3) is 0.0208. The average Bonchev–Trinajstić information content (AvgIpc) is 3.84. The molecule has 0 unspecified atom stereocenters. The molecule has 0 fully saturated rings. The van der Waals surface area contributed by atoms with E-state index in [1.165, 1.54) is 55.2 Å². The molecular weight excluding hydrogens is 621 g/mol. The van der Waals surface area contributed by atoms with Gasteiger partial charge in [0.25, 0.3) is 0 Å². The number of pyridine rings is 1. The summed E-state index contributed by atoms with van der Waals surface area (Å²) in [5.41, 5.74) is 15.4. The first-order chi connectivity index (χ1) is 25.3. The van der Waals surface area contributed by atoms with Gasteiger partial charge in [-0.15, -0.1) is 0 Å². The Bertz CT molecular complexity index is 2880. The number of benzene rings is 7. The van der Waals surface area contributed by atoms with E-state index in [1.54, 1.807) is 0 Å². The highest BCUT2D eigenvalue weighted by atomic mass is 16.3. The highest BCUT2D eigenvalue weighted by molar-refractivity contribution is 6.09. The molecule has 3 heterocycles. The fourth-order valence-electron chi connectivity index (χ4n) is 8.77. The zero-order valence-electron chi connectivity index (χ0n) is 27.6. The van der Waals surface area contributed by atoms with Gasteiger partial charge in [-0.25, -0.2) is 0 Å². The molecule has 51 heavy (non-hydrogen) atoms. The lowest BCUT2D eigenvalue weighted by Gasteiger charge is -2.34. The largest absolute Gasteiger partial charge is 0.454 e. The van der Waals surface area contributed by atoms with E-state index in [-0.39, 0.29) is 0 Å². The fourth-order valence-corrected chi connectivity index (χ4v) is 8.77. The molecule has 0 radical (unpaired) electrons. The molecule has 1 aliphatic rings. The van der Waals surface area contributed by atoms with Crippen LogP contribution in [-0.4, -0.2) is 9.55 Å². The first-order valence-corrected chi connectivity index (χ1v) is 17.5. The predicted octanol–water partition coefficient (Wildman–Crippen LogP) is 12.1. The number of para-hydroxylation sites is 2. The van der Waals surface area contributed by atoms with Gasteiger partial charge < -0.3 is 8.98 Å². The molecule has 10 aromatic rings. The minimum atomic E-state index is -0.550. The van der Waals surface area contributed by atoms with Gasteiger partial charge in [-0.2, -0.15) is 0 Å². The third-order valence-electron chi connectivity index (χ3n) is 10.9. The molecule has 238 valence electrons. The van der Waals surface area contributed by atoms with E-state index < -0.39 is 5.41 Å². The summed E-state index contributed by atoms with van der Waals surface area (Å²) in [6, 6.07) is 64.0. The molecule has 0 atom stereocenters. The minimum Gasteiger partial charge on any atom is -0.454 e. The smallest absolute Gasteiger partial charge is 0.153 e.